The maximum absolute atomic E-state index is 11.2. The molecular formula is C10H7ClO3. The number of esters is 1. The summed E-state index contributed by atoms with van der Waals surface area (Å²) in [5.74, 6) is -0.598. The van der Waals surface area contributed by atoms with Crippen LogP contribution in [0.25, 0.3) is 5.57 Å². The quantitative estimate of drug-likeness (QED) is 0.723. The largest absolute Gasteiger partial charge is 0.508 e. The average Bonchev–Trinajstić information content (AvgIpc) is 2.48. The average molecular weight is 211 g/mol. The number of aliphatic hydroxyl groups excluding tert-OH is 1. The normalized spacial score (nSPS) is 15.9. The zero-order valence-corrected chi connectivity index (χ0v) is 7.91. The Balaban J connectivity index is 2.55. The smallest absolute Gasteiger partial charge is 0.342 e. The van der Waals surface area contributed by atoms with E-state index in [1.807, 2.05) is 0 Å². The molecule has 0 bridgehead atoms. The van der Waals surface area contributed by atoms with E-state index in [4.69, 9.17) is 11.6 Å². The first-order chi connectivity index (χ1) is 6.70. The first-order valence-electron chi connectivity index (χ1n) is 4.04. The zero-order chi connectivity index (χ0) is 10.1. The minimum atomic E-state index is -0.532. The number of carbonyl (C=O) groups excluding carboxylic acids is 1. The molecule has 0 saturated heterocycles. The summed E-state index contributed by atoms with van der Waals surface area (Å²) in [6.45, 7) is -0.0700. The molecule has 0 spiro atoms. The van der Waals surface area contributed by atoms with Crippen LogP contribution in [0.15, 0.2) is 30.0 Å². The Labute approximate surface area is 85.6 Å². The Morgan fingerprint density at radius 1 is 1.36 bits per heavy atom. The van der Waals surface area contributed by atoms with Crippen molar-refractivity contribution >= 4 is 23.1 Å². The van der Waals surface area contributed by atoms with Gasteiger partial charge in [0, 0.05) is 10.6 Å². The molecular weight excluding hydrogens is 204 g/mol. The Hall–Kier alpha value is -1.48. The lowest BCUT2D eigenvalue weighted by Gasteiger charge is -2.01. The van der Waals surface area contributed by atoms with Crippen molar-refractivity contribution in [3.63, 3.8) is 0 Å². The van der Waals surface area contributed by atoms with Crippen molar-refractivity contribution in [2.75, 3.05) is 6.61 Å². The van der Waals surface area contributed by atoms with Crippen molar-refractivity contribution < 1.29 is 14.6 Å². The van der Waals surface area contributed by atoms with Crippen LogP contribution in [0.2, 0.25) is 5.02 Å². The summed E-state index contributed by atoms with van der Waals surface area (Å²) in [7, 11) is 0. The number of aliphatic hydroxyl groups is 1. The maximum atomic E-state index is 11.2. The highest BCUT2D eigenvalue weighted by Crippen LogP contribution is 2.29. The molecule has 0 amide bonds. The van der Waals surface area contributed by atoms with Crippen LogP contribution in [0, 0.1) is 0 Å². The van der Waals surface area contributed by atoms with Gasteiger partial charge in [0.25, 0.3) is 0 Å². The van der Waals surface area contributed by atoms with Gasteiger partial charge in [-0.3, -0.25) is 0 Å². The van der Waals surface area contributed by atoms with Crippen LogP contribution in [0.5, 0.6) is 0 Å². The van der Waals surface area contributed by atoms with Crippen LogP contribution in [0.3, 0.4) is 0 Å². The lowest BCUT2D eigenvalue weighted by molar-refractivity contribution is -0.134. The van der Waals surface area contributed by atoms with Crippen molar-refractivity contribution in [2.45, 2.75) is 0 Å². The molecule has 1 aromatic carbocycles. The van der Waals surface area contributed by atoms with Gasteiger partial charge in [-0.2, -0.15) is 0 Å². The summed E-state index contributed by atoms with van der Waals surface area (Å²) in [5, 5.41) is 9.84. The molecule has 1 aromatic rings. The van der Waals surface area contributed by atoms with Crippen molar-refractivity contribution in [3.8, 4) is 0 Å². The second-order valence-corrected chi connectivity index (χ2v) is 3.28. The molecule has 14 heavy (non-hydrogen) atoms. The van der Waals surface area contributed by atoms with Crippen LogP contribution in [-0.4, -0.2) is 17.7 Å². The summed E-state index contributed by atoms with van der Waals surface area (Å²) in [4.78, 5) is 11.2. The third-order valence-electron chi connectivity index (χ3n) is 1.98. The Kier molecular flexibility index (Phi) is 2.17. The van der Waals surface area contributed by atoms with Crippen LogP contribution < -0.4 is 0 Å². The molecule has 72 valence electrons. The van der Waals surface area contributed by atoms with Crippen LogP contribution in [0.1, 0.15) is 5.56 Å². The van der Waals surface area contributed by atoms with Crippen LogP contribution in [0.4, 0.5) is 0 Å². The predicted molar refractivity (Wildman–Crippen MR) is 52.0 cm³/mol. The summed E-state index contributed by atoms with van der Waals surface area (Å²) < 4.78 is 4.67. The minimum absolute atomic E-state index is 0.0666. The molecule has 1 heterocycles. The van der Waals surface area contributed by atoms with E-state index in [0.29, 0.717) is 10.6 Å². The van der Waals surface area contributed by atoms with Gasteiger partial charge in [-0.25, -0.2) is 4.79 Å². The van der Waals surface area contributed by atoms with Crippen LogP contribution in [-0.2, 0) is 9.53 Å². The van der Waals surface area contributed by atoms with E-state index < -0.39 is 5.97 Å². The molecule has 0 fully saturated rings. The molecule has 0 aromatic heterocycles. The topological polar surface area (TPSA) is 46.5 Å². The monoisotopic (exact) mass is 210 g/mol. The Morgan fingerprint density at radius 2 is 2.07 bits per heavy atom. The molecule has 3 nitrogen and oxygen atoms in total. The standard InChI is InChI=1S/C10H7ClO3/c11-7-4-2-1-3-6(7)9-8(12)5-14-10(9)13/h1-4,12H,5H2. The van der Waals surface area contributed by atoms with Crippen LogP contribution >= 0.6 is 11.6 Å². The van der Waals surface area contributed by atoms with Gasteiger partial charge < -0.3 is 9.84 Å². The molecule has 1 N–H and O–H groups in total. The summed E-state index contributed by atoms with van der Waals surface area (Å²) >= 11 is 5.88. The third-order valence-corrected chi connectivity index (χ3v) is 2.31. The fourth-order valence-electron chi connectivity index (χ4n) is 1.33. The van der Waals surface area contributed by atoms with Gasteiger partial charge in [-0.1, -0.05) is 29.8 Å². The van der Waals surface area contributed by atoms with Gasteiger partial charge in [0.2, 0.25) is 0 Å². The fourth-order valence-corrected chi connectivity index (χ4v) is 1.56. The SMILES string of the molecule is O=C1OCC(O)=C1c1ccccc1Cl. The molecule has 1 aliphatic rings. The van der Waals surface area contributed by atoms with Gasteiger partial charge in [0.1, 0.15) is 17.9 Å². The number of hydrogen-bond acceptors (Lipinski definition) is 3. The van der Waals surface area contributed by atoms with Crippen molar-refractivity contribution in [1.82, 2.24) is 0 Å². The van der Waals surface area contributed by atoms with Gasteiger partial charge in [0.15, 0.2) is 0 Å². The third kappa shape index (κ3) is 1.36. The number of cyclic esters (lactones) is 1. The highest BCUT2D eigenvalue weighted by molar-refractivity contribution is 6.34. The van der Waals surface area contributed by atoms with Gasteiger partial charge in [-0.15, -0.1) is 0 Å². The van der Waals surface area contributed by atoms with E-state index in [1.165, 1.54) is 0 Å². The first kappa shape index (κ1) is 9.09. The highest BCUT2D eigenvalue weighted by Gasteiger charge is 2.27. The lowest BCUT2D eigenvalue weighted by atomic mass is 10.1. The molecule has 0 radical (unpaired) electrons. The maximum Gasteiger partial charge on any atom is 0.342 e. The number of halogens is 1. The summed E-state index contributed by atoms with van der Waals surface area (Å²) in [6.07, 6.45) is 0. The molecule has 4 heteroatoms. The van der Waals surface area contributed by atoms with E-state index in [0.717, 1.165) is 0 Å². The number of hydrogen-bond donors (Lipinski definition) is 1. The highest BCUT2D eigenvalue weighted by atomic mass is 35.5. The second-order valence-electron chi connectivity index (χ2n) is 2.88. The Bertz CT molecular complexity index is 423. The van der Waals surface area contributed by atoms with Gasteiger partial charge in [-0.05, 0) is 6.07 Å². The van der Waals surface area contributed by atoms with Crippen molar-refractivity contribution in [3.05, 3.63) is 40.6 Å². The van der Waals surface area contributed by atoms with Crippen molar-refractivity contribution in [1.29, 1.82) is 0 Å². The molecule has 0 saturated carbocycles. The number of carbonyl (C=O) groups is 1. The number of rotatable bonds is 1. The van der Waals surface area contributed by atoms with E-state index in [1.54, 1.807) is 24.3 Å². The predicted octanol–water partition coefficient (Wildman–Crippen LogP) is 2.17. The zero-order valence-electron chi connectivity index (χ0n) is 7.16. The van der Waals surface area contributed by atoms with E-state index in [-0.39, 0.29) is 17.9 Å². The molecule has 0 unspecified atom stereocenters. The lowest BCUT2D eigenvalue weighted by Crippen LogP contribution is -1.99. The summed E-state index contributed by atoms with van der Waals surface area (Å²) in [6, 6.07) is 6.82. The molecule has 0 aliphatic carbocycles. The van der Waals surface area contributed by atoms with E-state index >= 15 is 0 Å². The number of benzene rings is 1. The number of ether oxygens (including phenoxy) is 1. The minimum Gasteiger partial charge on any atom is -0.508 e. The van der Waals surface area contributed by atoms with Gasteiger partial charge >= 0.3 is 5.97 Å². The fraction of sp³-hybridized carbons (Fsp3) is 0.100. The second kappa shape index (κ2) is 3.35. The molecule has 0 atom stereocenters. The van der Waals surface area contributed by atoms with Crippen molar-refractivity contribution in [2.24, 2.45) is 0 Å². The first-order valence-corrected chi connectivity index (χ1v) is 4.42. The van der Waals surface area contributed by atoms with E-state index in [9.17, 15) is 9.90 Å². The summed E-state index contributed by atoms with van der Waals surface area (Å²) in [5.41, 5.74) is 0.671. The van der Waals surface area contributed by atoms with Gasteiger partial charge in [0.05, 0.1) is 0 Å². The molecule has 1 aliphatic heterocycles. The van der Waals surface area contributed by atoms with E-state index in [2.05, 4.69) is 4.74 Å². The molecule has 2 rings (SSSR count). The Morgan fingerprint density at radius 3 is 2.64 bits per heavy atom.